The predicted octanol–water partition coefficient (Wildman–Crippen LogP) is 5.16. The SMILES string of the molecule is C=C(C)COCCC[SiH](CCCOCC(=C)C)CCCOCC(=C)C. The van der Waals surface area contributed by atoms with Gasteiger partial charge in [0.15, 0.2) is 0 Å². The molecule has 0 heterocycles. The van der Waals surface area contributed by atoms with E-state index in [1.807, 2.05) is 20.8 Å². The summed E-state index contributed by atoms with van der Waals surface area (Å²) in [7, 11) is -0.743. The van der Waals surface area contributed by atoms with Gasteiger partial charge in [-0.1, -0.05) is 54.6 Å². The maximum atomic E-state index is 5.64. The van der Waals surface area contributed by atoms with Crippen LogP contribution in [0.2, 0.25) is 18.1 Å². The third-order valence-electron chi connectivity index (χ3n) is 3.75. The van der Waals surface area contributed by atoms with Crippen LogP contribution in [0.4, 0.5) is 0 Å². The zero-order valence-corrected chi connectivity index (χ0v) is 18.1. The third kappa shape index (κ3) is 19.5. The molecular weight excluding hydrogens is 328 g/mol. The van der Waals surface area contributed by atoms with Crippen molar-refractivity contribution in [1.82, 2.24) is 0 Å². The van der Waals surface area contributed by atoms with Crippen molar-refractivity contribution >= 4 is 8.80 Å². The van der Waals surface area contributed by atoms with E-state index in [2.05, 4.69) is 19.7 Å². The van der Waals surface area contributed by atoms with Crippen molar-refractivity contribution in [3.8, 4) is 0 Å². The predicted molar refractivity (Wildman–Crippen MR) is 112 cm³/mol. The van der Waals surface area contributed by atoms with Crippen molar-refractivity contribution in [1.29, 1.82) is 0 Å². The molecule has 3 nitrogen and oxygen atoms in total. The highest BCUT2D eigenvalue weighted by molar-refractivity contribution is 6.58. The van der Waals surface area contributed by atoms with Gasteiger partial charge in [0.25, 0.3) is 0 Å². The minimum atomic E-state index is -0.743. The van der Waals surface area contributed by atoms with Crippen LogP contribution in [0.15, 0.2) is 36.5 Å². The Kier molecular flexibility index (Phi) is 16.3. The Morgan fingerprint density at radius 3 is 1.12 bits per heavy atom. The molecule has 0 aliphatic carbocycles. The molecule has 0 aromatic rings. The van der Waals surface area contributed by atoms with Gasteiger partial charge in [0.05, 0.1) is 19.8 Å². The van der Waals surface area contributed by atoms with E-state index in [-0.39, 0.29) is 0 Å². The van der Waals surface area contributed by atoms with Gasteiger partial charge in [-0.15, -0.1) is 0 Å². The first-order chi connectivity index (χ1) is 11.9. The van der Waals surface area contributed by atoms with Crippen LogP contribution >= 0.6 is 0 Å². The molecule has 4 heteroatoms. The molecule has 0 fully saturated rings. The van der Waals surface area contributed by atoms with Crippen LogP contribution in [0, 0.1) is 0 Å². The van der Waals surface area contributed by atoms with Gasteiger partial charge in [-0.3, -0.25) is 0 Å². The van der Waals surface area contributed by atoms with Crippen molar-refractivity contribution in [2.45, 2.75) is 58.2 Å². The van der Waals surface area contributed by atoms with Crippen molar-refractivity contribution in [3.05, 3.63) is 36.5 Å². The molecule has 0 aliphatic heterocycles. The summed E-state index contributed by atoms with van der Waals surface area (Å²) in [6.07, 6.45) is 3.51. The average molecular weight is 369 g/mol. The molecule has 0 aromatic heterocycles. The summed E-state index contributed by atoms with van der Waals surface area (Å²) in [6, 6.07) is 4.03. The molecule has 0 aromatic carbocycles. The van der Waals surface area contributed by atoms with Crippen molar-refractivity contribution in [2.24, 2.45) is 0 Å². The fraction of sp³-hybridized carbons (Fsp3) is 0.714. The summed E-state index contributed by atoms with van der Waals surface area (Å²) < 4.78 is 16.9. The summed E-state index contributed by atoms with van der Waals surface area (Å²) in [5.41, 5.74) is 3.29. The average Bonchev–Trinajstić information content (AvgIpc) is 2.52. The zero-order valence-electron chi connectivity index (χ0n) is 16.9. The monoisotopic (exact) mass is 368 g/mol. The number of rotatable bonds is 18. The van der Waals surface area contributed by atoms with Crippen molar-refractivity contribution in [2.75, 3.05) is 39.6 Å². The van der Waals surface area contributed by atoms with E-state index in [1.54, 1.807) is 0 Å². The quantitative estimate of drug-likeness (QED) is 0.190. The van der Waals surface area contributed by atoms with Gasteiger partial charge in [0.1, 0.15) is 0 Å². The third-order valence-corrected chi connectivity index (χ3v) is 7.42. The van der Waals surface area contributed by atoms with Crippen molar-refractivity contribution in [3.63, 3.8) is 0 Å². The summed E-state index contributed by atoms with van der Waals surface area (Å²) in [5, 5.41) is 0. The molecule has 146 valence electrons. The van der Waals surface area contributed by atoms with E-state index in [9.17, 15) is 0 Å². The second-order valence-corrected chi connectivity index (χ2v) is 10.8. The molecule has 0 rings (SSSR count). The minimum absolute atomic E-state index is 0.690. The molecule has 0 spiro atoms. The van der Waals surface area contributed by atoms with E-state index in [0.717, 1.165) is 36.5 Å². The van der Waals surface area contributed by atoms with Gasteiger partial charge in [-0.05, 0) is 40.0 Å². The van der Waals surface area contributed by atoms with Gasteiger partial charge in [0.2, 0.25) is 0 Å². The molecular formula is C21H40O3Si. The Morgan fingerprint density at radius 2 is 0.880 bits per heavy atom. The van der Waals surface area contributed by atoms with Gasteiger partial charge < -0.3 is 14.2 Å². The van der Waals surface area contributed by atoms with Crippen LogP contribution in [0.1, 0.15) is 40.0 Å². The van der Waals surface area contributed by atoms with Crippen LogP contribution < -0.4 is 0 Å². The molecule has 0 atom stereocenters. The van der Waals surface area contributed by atoms with Gasteiger partial charge in [-0.2, -0.15) is 0 Å². The summed E-state index contributed by atoms with van der Waals surface area (Å²) in [5.74, 6) is 0. The minimum Gasteiger partial charge on any atom is -0.377 e. The Labute approximate surface area is 157 Å². The van der Waals surface area contributed by atoms with Crippen molar-refractivity contribution < 1.29 is 14.2 Å². The second-order valence-electron chi connectivity index (χ2n) is 7.32. The normalized spacial score (nSPS) is 11.0. The summed E-state index contributed by atoms with van der Waals surface area (Å²) in [6.45, 7) is 22.3. The Hall–Kier alpha value is -0.683. The molecule has 0 radical (unpaired) electrons. The first kappa shape index (κ1) is 24.3. The number of hydrogen-bond acceptors (Lipinski definition) is 3. The topological polar surface area (TPSA) is 27.7 Å². The van der Waals surface area contributed by atoms with Crippen LogP contribution in [0.3, 0.4) is 0 Å². The largest absolute Gasteiger partial charge is 0.377 e. The molecule has 0 aliphatic rings. The van der Waals surface area contributed by atoms with Gasteiger partial charge in [0, 0.05) is 28.6 Å². The fourth-order valence-electron chi connectivity index (χ4n) is 2.59. The molecule has 0 bridgehead atoms. The van der Waals surface area contributed by atoms with E-state index in [4.69, 9.17) is 14.2 Å². The second kappa shape index (κ2) is 16.8. The van der Waals surface area contributed by atoms with Crippen LogP contribution in [0.25, 0.3) is 0 Å². The first-order valence-electron chi connectivity index (χ1n) is 9.58. The molecule has 0 saturated heterocycles. The lowest BCUT2D eigenvalue weighted by molar-refractivity contribution is 0.154. The van der Waals surface area contributed by atoms with E-state index in [0.29, 0.717) is 19.8 Å². The highest BCUT2D eigenvalue weighted by Crippen LogP contribution is 2.14. The Morgan fingerprint density at radius 1 is 0.600 bits per heavy atom. The van der Waals surface area contributed by atoms with Crippen LogP contribution in [0.5, 0.6) is 0 Å². The first-order valence-corrected chi connectivity index (χ1v) is 12.0. The van der Waals surface area contributed by atoms with E-state index >= 15 is 0 Å². The lowest BCUT2D eigenvalue weighted by Gasteiger charge is -2.16. The number of ether oxygens (including phenoxy) is 3. The van der Waals surface area contributed by atoms with E-state index in [1.165, 1.54) is 37.4 Å². The van der Waals surface area contributed by atoms with Crippen LogP contribution in [-0.4, -0.2) is 48.4 Å². The number of hydrogen-bond donors (Lipinski definition) is 0. The van der Waals surface area contributed by atoms with Gasteiger partial charge >= 0.3 is 0 Å². The maximum absolute atomic E-state index is 5.64. The lowest BCUT2D eigenvalue weighted by Crippen LogP contribution is -2.15. The van der Waals surface area contributed by atoms with E-state index < -0.39 is 8.80 Å². The summed E-state index contributed by atoms with van der Waals surface area (Å²) >= 11 is 0. The smallest absolute Gasteiger partial charge is 0.0671 e. The Balaban J connectivity index is 3.92. The fourth-order valence-corrected chi connectivity index (χ4v) is 5.69. The van der Waals surface area contributed by atoms with Crippen LogP contribution in [-0.2, 0) is 14.2 Å². The maximum Gasteiger partial charge on any atom is 0.0671 e. The molecule has 25 heavy (non-hydrogen) atoms. The summed E-state index contributed by atoms with van der Waals surface area (Å²) in [4.78, 5) is 0. The molecule has 0 saturated carbocycles. The molecule has 0 amide bonds. The highest BCUT2D eigenvalue weighted by atomic mass is 28.3. The highest BCUT2D eigenvalue weighted by Gasteiger charge is 2.10. The molecule has 0 unspecified atom stereocenters. The standard InChI is InChI=1S/C21H40O3Si/c1-19(2)16-22-10-7-13-25(14-8-11-23-17-20(3)4)15-9-12-24-18-21(5)6/h25H,1,3,5,7-18H2,2,4,6H3. The molecule has 0 N–H and O–H groups in total. The van der Waals surface area contributed by atoms with Gasteiger partial charge in [-0.25, -0.2) is 0 Å². The Bertz CT molecular complexity index is 322. The lowest BCUT2D eigenvalue weighted by atomic mass is 10.4. The zero-order chi connectivity index (χ0) is 18.9.